The van der Waals surface area contributed by atoms with Crippen LogP contribution in [-0.4, -0.2) is 77.6 Å². The van der Waals surface area contributed by atoms with Crippen LogP contribution < -0.4 is 26.8 Å². The molecule has 2 amide bonds. The van der Waals surface area contributed by atoms with Crippen LogP contribution in [0.3, 0.4) is 0 Å². The van der Waals surface area contributed by atoms with E-state index in [9.17, 15) is 14.7 Å². The van der Waals surface area contributed by atoms with Gasteiger partial charge in [0.15, 0.2) is 0 Å². The standard InChI is InChI=1S/C21H40N6O3S/c1-13(28)11-23-19(29)16-7-8-22-18(10-16)20(30)25-17-6-4-5-15(9-17)14(2)31-21-26-24-12-27(21)3/h13-18,21-22,24,26,28H,4-12H2,1-3H3,(H,23,29)(H,25,30)/t13-,14+,15?,16?,17?,18?,21?/m1/s1. The summed E-state index contributed by atoms with van der Waals surface area (Å²) in [6, 6.07) is -0.126. The summed E-state index contributed by atoms with van der Waals surface area (Å²) in [6.07, 6.45) is 5.03. The van der Waals surface area contributed by atoms with Crippen LogP contribution in [0.4, 0.5) is 0 Å². The molecular weight excluding hydrogens is 416 g/mol. The van der Waals surface area contributed by atoms with Gasteiger partial charge in [0.1, 0.15) is 5.50 Å². The van der Waals surface area contributed by atoms with E-state index in [1.165, 1.54) is 6.42 Å². The van der Waals surface area contributed by atoms with E-state index in [4.69, 9.17) is 0 Å². The SMILES string of the molecule is C[C@H](SC1NNCN1C)C1CCCC(NC(=O)C2CC(C(=O)NC[C@@H](C)O)CCN2)C1. The minimum atomic E-state index is -0.564. The summed E-state index contributed by atoms with van der Waals surface area (Å²) in [6.45, 7) is 5.70. The fourth-order valence-electron chi connectivity index (χ4n) is 4.74. The third kappa shape index (κ3) is 7.30. The Bertz CT molecular complexity index is 610. The lowest BCUT2D eigenvalue weighted by Gasteiger charge is -2.36. The Morgan fingerprint density at radius 3 is 2.71 bits per heavy atom. The summed E-state index contributed by atoms with van der Waals surface area (Å²) >= 11 is 1.95. The van der Waals surface area contributed by atoms with Crippen molar-refractivity contribution in [3.63, 3.8) is 0 Å². The van der Waals surface area contributed by atoms with Gasteiger partial charge in [0, 0.05) is 23.8 Å². The van der Waals surface area contributed by atoms with E-state index in [0.717, 1.165) is 25.9 Å². The van der Waals surface area contributed by atoms with E-state index in [1.54, 1.807) is 6.92 Å². The van der Waals surface area contributed by atoms with Gasteiger partial charge in [-0.25, -0.2) is 10.9 Å². The number of nitrogens with one attached hydrogen (secondary N) is 5. The average Bonchev–Trinajstić information content (AvgIpc) is 3.16. The second-order valence-electron chi connectivity index (χ2n) is 9.38. The fraction of sp³-hybridized carbons (Fsp3) is 0.905. The lowest BCUT2D eigenvalue weighted by atomic mass is 9.83. The first-order chi connectivity index (χ1) is 14.8. The molecule has 3 aliphatic rings. The molecule has 9 nitrogen and oxygen atoms in total. The van der Waals surface area contributed by atoms with Gasteiger partial charge in [-0.2, -0.15) is 0 Å². The molecule has 3 fully saturated rings. The highest BCUT2D eigenvalue weighted by Crippen LogP contribution is 2.35. The number of nitrogens with zero attached hydrogens (tertiary/aromatic N) is 1. The third-order valence-corrected chi connectivity index (χ3v) is 8.24. The molecule has 6 N–H and O–H groups in total. The van der Waals surface area contributed by atoms with Crippen molar-refractivity contribution in [2.45, 2.75) is 81.3 Å². The zero-order valence-corrected chi connectivity index (χ0v) is 19.8. The first kappa shape index (κ1) is 24.7. The molecule has 5 unspecified atom stereocenters. The maximum Gasteiger partial charge on any atom is 0.237 e. The second-order valence-corrected chi connectivity index (χ2v) is 10.8. The van der Waals surface area contributed by atoms with Gasteiger partial charge in [-0.3, -0.25) is 14.5 Å². The highest BCUT2D eigenvalue weighted by atomic mass is 32.2. The number of aliphatic hydroxyl groups excluding tert-OH is 1. The fourth-order valence-corrected chi connectivity index (χ4v) is 6.05. The number of hydrogen-bond donors (Lipinski definition) is 6. The summed E-state index contributed by atoms with van der Waals surface area (Å²) in [5, 5.41) is 19.2. The molecule has 178 valence electrons. The molecule has 0 aromatic carbocycles. The molecule has 31 heavy (non-hydrogen) atoms. The van der Waals surface area contributed by atoms with Crippen molar-refractivity contribution < 1.29 is 14.7 Å². The van der Waals surface area contributed by atoms with E-state index in [0.29, 0.717) is 30.6 Å². The molecular formula is C21H40N6O3S. The molecule has 0 aromatic rings. The first-order valence-corrected chi connectivity index (χ1v) is 12.6. The van der Waals surface area contributed by atoms with Gasteiger partial charge in [-0.15, -0.1) is 11.8 Å². The predicted octanol–water partition coefficient (Wildman–Crippen LogP) is -0.0710. The molecule has 7 atom stereocenters. The number of piperidine rings is 1. The zero-order chi connectivity index (χ0) is 22.4. The van der Waals surface area contributed by atoms with Crippen LogP contribution in [0.15, 0.2) is 0 Å². The molecule has 0 spiro atoms. The van der Waals surface area contributed by atoms with Crippen LogP contribution in [0.25, 0.3) is 0 Å². The topological polar surface area (TPSA) is 118 Å². The smallest absolute Gasteiger partial charge is 0.237 e. The van der Waals surface area contributed by atoms with Gasteiger partial charge in [-0.05, 0) is 58.5 Å². The Balaban J connectivity index is 1.45. The van der Waals surface area contributed by atoms with Gasteiger partial charge in [-0.1, -0.05) is 13.3 Å². The summed E-state index contributed by atoms with van der Waals surface area (Å²) in [5.41, 5.74) is 6.77. The van der Waals surface area contributed by atoms with Crippen molar-refractivity contribution >= 4 is 23.6 Å². The summed E-state index contributed by atoms with van der Waals surface area (Å²) in [5.74, 6) is 0.345. The van der Waals surface area contributed by atoms with Crippen molar-refractivity contribution in [2.24, 2.45) is 11.8 Å². The molecule has 1 saturated carbocycles. The number of rotatable bonds is 8. The number of carbonyl (C=O) groups is 2. The van der Waals surface area contributed by atoms with E-state index >= 15 is 0 Å². The second kappa shape index (κ2) is 11.8. The van der Waals surface area contributed by atoms with Crippen LogP contribution in [0.2, 0.25) is 0 Å². The molecule has 10 heteroatoms. The summed E-state index contributed by atoms with van der Waals surface area (Å²) in [4.78, 5) is 27.5. The monoisotopic (exact) mass is 456 g/mol. The van der Waals surface area contributed by atoms with E-state index in [1.807, 2.05) is 11.8 Å². The minimum absolute atomic E-state index is 0.0142. The predicted molar refractivity (Wildman–Crippen MR) is 123 cm³/mol. The highest BCUT2D eigenvalue weighted by molar-refractivity contribution is 8.00. The Kier molecular flexibility index (Phi) is 9.42. The van der Waals surface area contributed by atoms with Crippen LogP contribution >= 0.6 is 11.8 Å². The van der Waals surface area contributed by atoms with E-state index in [-0.39, 0.29) is 41.9 Å². The van der Waals surface area contributed by atoms with Crippen LogP contribution in [0, 0.1) is 11.8 Å². The Morgan fingerprint density at radius 2 is 2.00 bits per heavy atom. The van der Waals surface area contributed by atoms with Crippen molar-refractivity contribution in [1.82, 2.24) is 31.7 Å². The van der Waals surface area contributed by atoms with E-state index in [2.05, 4.69) is 45.7 Å². The van der Waals surface area contributed by atoms with Crippen LogP contribution in [0.1, 0.15) is 52.4 Å². The largest absolute Gasteiger partial charge is 0.392 e. The van der Waals surface area contributed by atoms with Crippen molar-refractivity contribution in [3.8, 4) is 0 Å². The number of carbonyl (C=O) groups excluding carboxylic acids is 2. The Labute approximate surface area is 190 Å². The quantitative estimate of drug-likeness (QED) is 0.301. The molecule has 0 bridgehead atoms. The maximum absolute atomic E-state index is 12.9. The zero-order valence-electron chi connectivity index (χ0n) is 19.0. The normalized spacial score (nSPS) is 34.1. The van der Waals surface area contributed by atoms with Crippen LogP contribution in [-0.2, 0) is 9.59 Å². The maximum atomic E-state index is 12.9. The number of amides is 2. The third-order valence-electron chi connectivity index (χ3n) is 6.69. The summed E-state index contributed by atoms with van der Waals surface area (Å²) in [7, 11) is 2.11. The van der Waals surface area contributed by atoms with Crippen molar-refractivity contribution in [3.05, 3.63) is 0 Å². The lowest BCUT2D eigenvalue weighted by molar-refractivity contribution is -0.129. The van der Waals surface area contributed by atoms with Gasteiger partial charge < -0.3 is 21.1 Å². The number of hydrogen-bond acceptors (Lipinski definition) is 8. The molecule has 3 rings (SSSR count). The molecule has 1 aliphatic carbocycles. The average molecular weight is 457 g/mol. The van der Waals surface area contributed by atoms with Gasteiger partial charge in [0.25, 0.3) is 0 Å². The number of aliphatic hydroxyl groups is 1. The van der Waals surface area contributed by atoms with Crippen molar-refractivity contribution in [2.75, 3.05) is 26.8 Å². The Morgan fingerprint density at radius 1 is 1.19 bits per heavy atom. The van der Waals surface area contributed by atoms with Gasteiger partial charge in [0.2, 0.25) is 11.8 Å². The molecule has 2 saturated heterocycles. The molecule has 2 aliphatic heterocycles. The molecule has 0 aromatic heterocycles. The first-order valence-electron chi connectivity index (χ1n) is 11.7. The number of hydrazine groups is 1. The van der Waals surface area contributed by atoms with Crippen molar-refractivity contribution in [1.29, 1.82) is 0 Å². The molecule has 0 radical (unpaired) electrons. The van der Waals surface area contributed by atoms with Gasteiger partial charge in [0.05, 0.1) is 18.8 Å². The Hall–Kier alpha value is -0.910. The number of thioether (sulfide) groups is 1. The molecule has 2 heterocycles. The van der Waals surface area contributed by atoms with Crippen LogP contribution in [0.5, 0.6) is 0 Å². The summed E-state index contributed by atoms with van der Waals surface area (Å²) < 4.78 is 0. The lowest BCUT2D eigenvalue weighted by Crippen LogP contribution is -2.54. The van der Waals surface area contributed by atoms with Gasteiger partial charge >= 0.3 is 0 Å². The van der Waals surface area contributed by atoms with E-state index < -0.39 is 6.10 Å². The minimum Gasteiger partial charge on any atom is -0.392 e. The highest BCUT2D eigenvalue weighted by Gasteiger charge is 2.34.